The number of amides is 1. The first-order valence-corrected chi connectivity index (χ1v) is 6.77. The van der Waals surface area contributed by atoms with Crippen molar-refractivity contribution in [2.75, 3.05) is 13.2 Å². The molecule has 1 saturated carbocycles. The van der Waals surface area contributed by atoms with Crippen molar-refractivity contribution in [3.63, 3.8) is 0 Å². The van der Waals surface area contributed by atoms with Gasteiger partial charge in [-0.3, -0.25) is 4.79 Å². The molecular weight excluding hydrogens is 216 g/mol. The van der Waals surface area contributed by atoms with Crippen molar-refractivity contribution in [3.8, 4) is 0 Å². The van der Waals surface area contributed by atoms with Crippen molar-refractivity contribution in [2.24, 2.45) is 11.7 Å². The van der Waals surface area contributed by atoms with Crippen LogP contribution in [0.2, 0.25) is 0 Å². The highest BCUT2D eigenvalue weighted by atomic mass is 16.5. The molecule has 4 nitrogen and oxygen atoms in total. The number of nitrogens with two attached hydrogens (primary N) is 1. The standard InChI is InChI=1S/C13H26N2O2/c1-3-15-12(13(14)16)8-9-17-11-6-4-10(2)5-7-11/h10-12,15H,3-9H2,1-2H3,(H2,14,16). The SMILES string of the molecule is CCNC(CCOC1CCC(C)CC1)C(N)=O. The number of likely N-dealkylation sites (N-methyl/N-ethyl adjacent to an activating group) is 1. The Bertz CT molecular complexity index is 225. The van der Waals surface area contributed by atoms with Crippen molar-refractivity contribution in [3.05, 3.63) is 0 Å². The van der Waals surface area contributed by atoms with E-state index < -0.39 is 0 Å². The molecule has 1 unspecified atom stereocenters. The van der Waals surface area contributed by atoms with E-state index >= 15 is 0 Å². The van der Waals surface area contributed by atoms with Gasteiger partial charge in [0, 0.05) is 6.61 Å². The van der Waals surface area contributed by atoms with Crippen LogP contribution < -0.4 is 11.1 Å². The molecule has 0 bridgehead atoms. The molecule has 1 fully saturated rings. The summed E-state index contributed by atoms with van der Waals surface area (Å²) in [7, 11) is 0. The van der Waals surface area contributed by atoms with Crippen LogP contribution in [0.4, 0.5) is 0 Å². The first-order chi connectivity index (χ1) is 8.13. The fraction of sp³-hybridized carbons (Fsp3) is 0.923. The average Bonchev–Trinajstić information content (AvgIpc) is 2.30. The quantitative estimate of drug-likeness (QED) is 0.710. The first-order valence-electron chi connectivity index (χ1n) is 6.77. The second-order valence-corrected chi connectivity index (χ2v) is 5.05. The van der Waals surface area contributed by atoms with E-state index in [1.807, 2.05) is 6.92 Å². The van der Waals surface area contributed by atoms with E-state index in [-0.39, 0.29) is 11.9 Å². The minimum atomic E-state index is -0.285. The molecule has 0 aliphatic heterocycles. The number of carbonyl (C=O) groups is 1. The van der Waals surface area contributed by atoms with Crippen LogP contribution in [0.25, 0.3) is 0 Å². The van der Waals surface area contributed by atoms with Crippen LogP contribution in [0.5, 0.6) is 0 Å². The molecule has 0 aromatic heterocycles. The number of carbonyl (C=O) groups excluding carboxylic acids is 1. The van der Waals surface area contributed by atoms with E-state index in [0.29, 0.717) is 19.1 Å². The molecule has 1 amide bonds. The first kappa shape index (κ1) is 14.5. The predicted octanol–water partition coefficient (Wildman–Crippen LogP) is 1.44. The summed E-state index contributed by atoms with van der Waals surface area (Å²) in [5.74, 6) is 0.558. The number of ether oxygens (including phenoxy) is 1. The summed E-state index contributed by atoms with van der Waals surface area (Å²) < 4.78 is 5.81. The van der Waals surface area contributed by atoms with Gasteiger partial charge in [0.05, 0.1) is 12.1 Å². The summed E-state index contributed by atoms with van der Waals surface area (Å²) in [6.07, 6.45) is 5.90. The van der Waals surface area contributed by atoms with Crippen molar-refractivity contribution in [2.45, 2.75) is 58.1 Å². The van der Waals surface area contributed by atoms with Crippen LogP contribution in [-0.2, 0) is 9.53 Å². The average molecular weight is 242 g/mol. The number of rotatable bonds is 7. The minimum absolute atomic E-state index is 0.248. The van der Waals surface area contributed by atoms with E-state index in [1.165, 1.54) is 12.8 Å². The predicted molar refractivity (Wildman–Crippen MR) is 68.6 cm³/mol. The van der Waals surface area contributed by atoms with Gasteiger partial charge in [0.25, 0.3) is 0 Å². The fourth-order valence-corrected chi connectivity index (χ4v) is 2.34. The van der Waals surface area contributed by atoms with Gasteiger partial charge in [-0.15, -0.1) is 0 Å². The molecule has 3 N–H and O–H groups in total. The van der Waals surface area contributed by atoms with Gasteiger partial charge in [0.1, 0.15) is 0 Å². The molecule has 1 aliphatic carbocycles. The van der Waals surface area contributed by atoms with Gasteiger partial charge in [0.15, 0.2) is 0 Å². The molecule has 0 radical (unpaired) electrons. The Morgan fingerprint density at radius 3 is 2.59 bits per heavy atom. The molecule has 0 saturated heterocycles. The highest BCUT2D eigenvalue weighted by Crippen LogP contribution is 2.25. The molecule has 1 aliphatic rings. The normalized spacial score (nSPS) is 26.7. The molecular formula is C13H26N2O2. The van der Waals surface area contributed by atoms with Gasteiger partial charge in [-0.1, -0.05) is 13.8 Å². The van der Waals surface area contributed by atoms with E-state index in [2.05, 4.69) is 12.2 Å². The van der Waals surface area contributed by atoms with E-state index in [0.717, 1.165) is 25.3 Å². The fourth-order valence-electron chi connectivity index (χ4n) is 2.34. The lowest BCUT2D eigenvalue weighted by Crippen LogP contribution is -2.42. The number of hydrogen-bond donors (Lipinski definition) is 2. The Hall–Kier alpha value is -0.610. The maximum Gasteiger partial charge on any atom is 0.234 e. The lowest BCUT2D eigenvalue weighted by atomic mass is 9.89. The van der Waals surface area contributed by atoms with Gasteiger partial charge in [-0.2, -0.15) is 0 Å². The molecule has 0 aromatic carbocycles. The molecule has 1 atom stereocenters. The van der Waals surface area contributed by atoms with Gasteiger partial charge in [-0.25, -0.2) is 0 Å². The second-order valence-electron chi connectivity index (χ2n) is 5.05. The number of nitrogens with one attached hydrogen (secondary N) is 1. The summed E-state index contributed by atoms with van der Waals surface area (Å²) in [5, 5.41) is 3.07. The molecule has 4 heteroatoms. The second kappa shape index (κ2) is 7.67. The lowest BCUT2D eigenvalue weighted by molar-refractivity contribution is -0.120. The van der Waals surface area contributed by atoms with Crippen molar-refractivity contribution < 1.29 is 9.53 Å². The summed E-state index contributed by atoms with van der Waals surface area (Å²) >= 11 is 0. The van der Waals surface area contributed by atoms with Crippen LogP contribution in [-0.4, -0.2) is 31.2 Å². The Labute approximate surface area is 104 Å². The zero-order valence-electron chi connectivity index (χ0n) is 11.1. The van der Waals surface area contributed by atoms with Crippen LogP contribution in [0, 0.1) is 5.92 Å². The van der Waals surface area contributed by atoms with E-state index in [1.54, 1.807) is 0 Å². The van der Waals surface area contributed by atoms with Crippen LogP contribution in [0.3, 0.4) is 0 Å². The Morgan fingerprint density at radius 1 is 1.41 bits per heavy atom. The van der Waals surface area contributed by atoms with Gasteiger partial charge >= 0.3 is 0 Å². The summed E-state index contributed by atoms with van der Waals surface area (Å²) in [6.45, 7) is 5.65. The minimum Gasteiger partial charge on any atom is -0.378 e. The van der Waals surface area contributed by atoms with Crippen LogP contribution in [0.15, 0.2) is 0 Å². The number of primary amides is 1. The maximum absolute atomic E-state index is 11.1. The summed E-state index contributed by atoms with van der Waals surface area (Å²) in [6, 6.07) is -0.248. The third kappa shape index (κ3) is 5.50. The summed E-state index contributed by atoms with van der Waals surface area (Å²) in [4.78, 5) is 11.1. The monoisotopic (exact) mass is 242 g/mol. The van der Waals surface area contributed by atoms with Crippen LogP contribution in [0.1, 0.15) is 46.0 Å². The molecule has 0 spiro atoms. The third-order valence-corrected chi connectivity index (χ3v) is 3.52. The van der Waals surface area contributed by atoms with Crippen molar-refractivity contribution >= 4 is 5.91 Å². The topological polar surface area (TPSA) is 64.3 Å². The molecule has 1 rings (SSSR count). The van der Waals surface area contributed by atoms with Gasteiger partial charge in [0.2, 0.25) is 5.91 Å². The Morgan fingerprint density at radius 2 is 2.06 bits per heavy atom. The molecule has 17 heavy (non-hydrogen) atoms. The lowest BCUT2D eigenvalue weighted by Gasteiger charge is -2.26. The zero-order chi connectivity index (χ0) is 12.7. The Kier molecular flexibility index (Phi) is 6.52. The van der Waals surface area contributed by atoms with Gasteiger partial charge < -0.3 is 15.8 Å². The largest absolute Gasteiger partial charge is 0.378 e. The highest BCUT2D eigenvalue weighted by Gasteiger charge is 2.19. The zero-order valence-corrected chi connectivity index (χ0v) is 11.1. The van der Waals surface area contributed by atoms with Crippen molar-refractivity contribution in [1.29, 1.82) is 0 Å². The van der Waals surface area contributed by atoms with E-state index in [9.17, 15) is 4.79 Å². The van der Waals surface area contributed by atoms with Gasteiger partial charge in [-0.05, 0) is 44.6 Å². The molecule has 0 aromatic rings. The third-order valence-electron chi connectivity index (χ3n) is 3.52. The maximum atomic E-state index is 11.1. The molecule has 0 heterocycles. The molecule has 100 valence electrons. The Balaban J connectivity index is 2.15. The smallest absolute Gasteiger partial charge is 0.234 e. The highest BCUT2D eigenvalue weighted by molar-refractivity contribution is 5.79. The van der Waals surface area contributed by atoms with E-state index in [4.69, 9.17) is 10.5 Å². The van der Waals surface area contributed by atoms with Crippen molar-refractivity contribution in [1.82, 2.24) is 5.32 Å². The summed E-state index contributed by atoms with van der Waals surface area (Å²) in [5.41, 5.74) is 5.30. The van der Waals surface area contributed by atoms with Crippen LogP contribution >= 0.6 is 0 Å². The number of hydrogen-bond acceptors (Lipinski definition) is 3.